The molecule has 0 saturated heterocycles. The topological polar surface area (TPSA) is 8.17 Å². The Bertz CT molecular complexity index is 3700. The van der Waals surface area contributed by atoms with Gasteiger partial charge in [-0.25, -0.2) is 0 Å². The van der Waals surface area contributed by atoms with E-state index in [1.807, 2.05) is 0 Å². The van der Waals surface area contributed by atoms with Gasteiger partial charge in [0.1, 0.15) is 0 Å². The first-order chi connectivity index (χ1) is 32.8. The molecular weight excluding hydrogens is 797 g/mol. The minimum Gasteiger partial charge on any atom is -0.310 e. The average molecular weight is 841 g/mol. The molecule has 0 atom stereocenters. The van der Waals surface area contributed by atoms with Crippen LogP contribution < -0.4 is 4.90 Å². The number of hydrogen-bond acceptors (Lipinski definition) is 1. The second-order valence-electron chi connectivity index (χ2n) is 16.9. The Morgan fingerprint density at radius 1 is 0.288 bits per heavy atom. The second-order valence-corrected chi connectivity index (χ2v) is 16.9. The SMILES string of the molecule is c1ccc(-c2ccccc2-c2c(-c3ccccc3)cccc2N(c2cccc(-c3ccc4ccccc4c3)c2)c2cccc(-c3cccc4c3c3ccccc3n4-c3ccccc3)c2)cc1. The monoisotopic (exact) mass is 840 g/mol. The van der Waals surface area contributed by atoms with Gasteiger partial charge in [-0.3, -0.25) is 0 Å². The average Bonchev–Trinajstić information content (AvgIpc) is 3.74. The number of anilines is 3. The fourth-order valence-electron chi connectivity index (χ4n) is 9.99. The molecule has 66 heavy (non-hydrogen) atoms. The van der Waals surface area contributed by atoms with Gasteiger partial charge in [0, 0.05) is 33.4 Å². The van der Waals surface area contributed by atoms with Gasteiger partial charge in [-0.1, -0.05) is 206 Å². The number of rotatable bonds is 9. The molecule has 0 aliphatic heterocycles. The summed E-state index contributed by atoms with van der Waals surface area (Å²) in [6, 6.07) is 97.1. The summed E-state index contributed by atoms with van der Waals surface area (Å²) in [6.07, 6.45) is 0. The highest BCUT2D eigenvalue weighted by atomic mass is 15.1. The van der Waals surface area contributed by atoms with Crippen molar-refractivity contribution in [3.63, 3.8) is 0 Å². The Balaban J connectivity index is 1.12. The Kier molecular flexibility index (Phi) is 9.89. The standard InChI is InChI=1S/C64H44N2/c1-4-21-46(22-5-1)55-32-12-13-33-58(55)63-56(47-23-6-2-7-24-47)35-18-38-61(63)65(53-30-16-26-49(43-53)50-41-40-45-20-10-11-25-48(45)42-50)54-31-17-27-51(44-54)57-36-19-39-62-64(57)59-34-14-15-37-60(59)66(62)52-28-8-3-9-29-52/h1-44H. The predicted molar refractivity (Wildman–Crippen MR) is 280 cm³/mol. The van der Waals surface area contributed by atoms with Gasteiger partial charge in [-0.15, -0.1) is 0 Å². The minimum atomic E-state index is 1.07. The normalized spacial score (nSPS) is 11.3. The van der Waals surface area contributed by atoms with Crippen LogP contribution in [0.3, 0.4) is 0 Å². The molecule has 1 heterocycles. The summed E-state index contributed by atoms with van der Waals surface area (Å²) in [7, 11) is 0. The Morgan fingerprint density at radius 3 is 1.58 bits per heavy atom. The molecule has 0 bridgehead atoms. The number of nitrogens with zero attached hydrogens (tertiary/aromatic N) is 2. The van der Waals surface area contributed by atoms with Crippen molar-refractivity contribution < 1.29 is 0 Å². The summed E-state index contributed by atoms with van der Waals surface area (Å²) in [4.78, 5) is 2.48. The zero-order valence-corrected chi connectivity index (χ0v) is 36.3. The molecule has 2 nitrogen and oxygen atoms in total. The van der Waals surface area contributed by atoms with Crippen LogP contribution in [0.15, 0.2) is 267 Å². The third kappa shape index (κ3) is 6.93. The molecule has 11 aromatic carbocycles. The number of hydrogen-bond donors (Lipinski definition) is 0. The van der Waals surface area contributed by atoms with E-state index in [0.29, 0.717) is 0 Å². The maximum atomic E-state index is 2.48. The Hall–Kier alpha value is -8.72. The van der Waals surface area contributed by atoms with Crippen molar-refractivity contribution in [3.05, 3.63) is 267 Å². The van der Waals surface area contributed by atoms with Crippen LogP contribution in [0, 0.1) is 0 Å². The molecule has 12 aromatic rings. The lowest BCUT2D eigenvalue weighted by Gasteiger charge is -2.30. The summed E-state index contributed by atoms with van der Waals surface area (Å²) in [5.41, 5.74) is 18.4. The van der Waals surface area contributed by atoms with Crippen LogP contribution in [0.25, 0.3) is 93.9 Å². The van der Waals surface area contributed by atoms with E-state index in [1.54, 1.807) is 0 Å². The van der Waals surface area contributed by atoms with Crippen molar-refractivity contribution in [2.45, 2.75) is 0 Å². The molecule has 0 fully saturated rings. The number of benzene rings is 11. The molecule has 2 heteroatoms. The molecule has 0 spiro atoms. The fraction of sp³-hybridized carbons (Fsp3) is 0. The van der Waals surface area contributed by atoms with Crippen LogP contribution in [0.1, 0.15) is 0 Å². The molecule has 0 N–H and O–H groups in total. The van der Waals surface area contributed by atoms with Gasteiger partial charge in [0.05, 0.1) is 16.7 Å². The van der Waals surface area contributed by atoms with Crippen LogP contribution >= 0.6 is 0 Å². The lowest BCUT2D eigenvalue weighted by Crippen LogP contribution is -2.12. The molecule has 0 radical (unpaired) electrons. The van der Waals surface area contributed by atoms with E-state index >= 15 is 0 Å². The summed E-state index contributed by atoms with van der Waals surface area (Å²) in [6.45, 7) is 0. The highest BCUT2D eigenvalue weighted by Gasteiger charge is 2.24. The molecule has 0 unspecified atom stereocenters. The number of para-hydroxylation sites is 2. The maximum absolute atomic E-state index is 2.48. The summed E-state index contributed by atoms with van der Waals surface area (Å²) < 4.78 is 2.40. The largest absolute Gasteiger partial charge is 0.310 e. The van der Waals surface area contributed by atoms with Crippen molar-refractivity contribution in [1.82, 2.24) is 4.57 Å². The summed E-state index contributed by atoms with van der Waals surface area (Å²) >= 11 is 0. The first kappa shape index (κ1) is 38.9. The van der Waals surface area contributed by atoms with Gasteiger partial charge in [0.25, 0.3) is 0 Å². The smallest absolute Gasteiger partial charge is 0.0547 e. The molecule has 310 valence electrons. The van der Waals surface area contributed by atoms with E-state index in [-0.39, 0.29) is 0 Å². The lowest BCUT2D eigenvalue weighted by atomic mass is 9.87. The van der Waals surface area contributed by atoms with Crippen molar-refractivity contribution in [1.29, 1.82) is 0 Å². The van der Waals surface area contributed by atoms with E-state index in [2.05, 4.69) is 276 Å². The first-order valence-corrected chi connectivity index (χ1v) is 22.7. The molecule has 12 rings (SSSR count). The third-order valence-corrected chi connectivity index (χ3v) is 13.0. The van der Waals surface area contributed by atoms with Gasteiger partial charge in [0.15, 0.2) is 0 Å². The fourth-order valence-corrected chi connectivity index (χ4v) is 9.99. The van der Waals surface area contributed by atoms with Crippen molar-refractivity contribution >= 4 is 49.6 Å². The van der Waals surface area contributed by atoms with Gasteiger partial charge in [0.2, 0.25) is 0 Å². The minimum absolute atomic E-state index is 1.07. The molecule has 0 amide bonds. The van der Waals surface area contributed by atoms with Crippen LogP contribution in [-0.2, 0) is 0 Å². The van der Waals surface area contributed by atoms with Crippen molar-refractivity contribution in [2.24, 2.45) is 0 Å². The number of fused-ring (bicyclic) bond motifs is 4. The van der Waals surface area contributed by atoms with Gasteiger partial charge in [-0.2, -0.15) is 0 Å². The molecular formula is C64H44N2. The van der Waals surface area contributed by atoms with Gasteiger partial charge >= 0.3 is 0 Å². The third-order valence-electron chi connectivity index (χ3n) is 13.0. The zero-order chi connectivity index (χ0) is 43.8. The molecule has 1 aromatic heterocycles. The number of aromatic nitrogens is 1. The molecule has 0 aliphatic carbocycles. The zero-order valence-electron chi connectivity index (χ0n) is 36.3. The maximum Gasteiger partial charge on any atom is 0.0547 e. The van der Waals surface area contributed by atoms with Gasteiger partial charge in [-0.05, 0) is 122 Å². The highest BCUT2D eigenvalue weighted by Crippen LogP contribution is 2.49. The first-order valence-electron chi connectivity index (χ1n) is 22.7. The van der Waals surface area contributed by atoms with E-state index in [9.17, 15) is 0 Å². The highest BCUT2D eigenvalue weighted by molar-refractivity contribution is 6.16. The van der Waals surface area contributed by atoms with Crippen molar-refractivity contribution in [3.8, 4) is 61.3 Å². The van der Waals surface area contributed by atoms with E-state index < -0.39 is 0 Å². The van der Waals surface area contributed by atoms with Crippen LogP contribution in [0.5, 0.6) is 0 Å². The van der Waals surface area contributed by atoms with E-state index in [0.717, 1.165) is 45.0 Å². The van der Waals surface area contributed by atoms with Crippen LogP contribution in [0.2, 0.25) is 0 Å². The van der Waals surface area contributed by atoms with E-state index in [4.69, 9.17) is 0 Å². The summed E-state index contributed by atoms with van der Waals surface area (Å²) in [5.74, 6) is 0. The quantitative estimate of drug-likeness (QED) is 0.141. The second kappa shape index (κ2) is 16.8. The van der Waals surface area contributed by atoms with Gasteiger partial charge < -0.3 is 9.47 Å². The predicted octanol–water partition coefficient (Wildman–Crippen LogP) is 17.7. The Labute approximate surface area is 385 Å². The van der Waals surface area contributed by atoms with Crippen LogP contribution in [0.4, 0.5) is 17.1 Å². The molecule has 0 saturated carbocycles. The lowest BCUT2D eigenvalue weighted by molar-refractivity contribution is 1.18. The van der Waals surface area contributed by atoms with E-state index in [1.165, 1.54) is 66.0 Å². The Morgan fingerprint density at radius 2 is 0.803 bits per heavy atom. The van der Waals surface area contributed by atoms with Crippen molar-refractivity contribution in [2.75, 3.05) is 4.90 Å². The van der Waals surface area contributed by atoms with Crippen LogP contribution in [-0.4, -0.2) is 4.57 Å². The summed E-state index contributed by atoms with van der Waals surface area (Å²) in [5, 5.41) is 4.93. The molecule has 0 aliphatic rings.